The van der Waals surface area contributed by atoms with Crippen LogP contribution in [-0.2, 0) is 12.0 Å². The van der Waals surface area contributed by atoms with E-state index in [1.54, 1.807) is 0 Å². The van der Waals surface area contributed by atoms with Crippen LogP contribution in [0.3, 0.4) is 0 Å². The Labute approximate surface area is 85.8 Å². The Hall–Kier alpha value is -0.830. The van der Waals surface area contributed by atoms with E-state index < -0.39 is 0 Å². The van der Waals surface area contributed by atoms with Crippen LogP contribution in [0.15, 0.2) is 12.4 Å². The van der Waals surface area contributed by atoms with E-state index in [-0.39, 0.29) is 11.6 Å². The van der Waals surface area contributed by atoms with Crippen molar-refractivity contribution in [2.75, 3.05) is 0 Å². The molecule has 14 heavy (non-hydrogen) atoms. The molecule has 0 aliphatic carbocycles. The van der Waals surface area contributed by atoms with Crippen molar-refractivity contribution in [3.8, 4) is 0 Å². The van der Waals surface area contributed by atoms with Gasteiger partial charge in [0.25, 0.3) is 0 Å². The fraction of sp³-hybridized carbons (Fsp3) is 0.727. The summed E-state index contributed by atoms with van der Waals surface area (Å²) >= 11 is 0. The van der Waals surface area contributed by atoms with Crippen molar-refractivity contribution in [3.63, 3.8) is 0 Å². The van der Waals surface area contributed by atoms with Gasteiger partial charge in [-0.05, 0) is 46.1 Å². The van der Waals surface area contributed by atoms with Crippen molar-refractivity contribution in [1.82, 2.24) is 9.78 Å². The Morgan fingerprint density at radius 3 is 2.57 bits per heavy atom. The molecule has 0 aliphatic heterocycles. The monoisotopic (exact) mass is 196 g/mol. The molecule has 0 radical (unpaired) electrons. The standard InChI is InChI=1S/C11H20N2O/c1-9(14)5-6-10-7-12-13(8-10)11(2,3)4/h7-9,14H,5-6H2,1-4H3/t9-/m0/s1. The third-order valence-corrected chi connectivity index (χ3v) is 2.17. The minimum absolute atomic E-state index is 0.0447. The first-order chi connectivity index (χ1) is 6.39. The van der Waals surface area contributed by atoms with Crippen LogP contribution in [-0.4, -0.2) is 21.0 Å². The van der Waals surface area contributed by atoms with Gasteiger partial charge in [0.05, 0.1) is 17.8 Å². The second-order valence-electron chi connectivity index (χ2n) is 4.85. The van der Waals surface area contributed by atoms with E-state index in [0.29, 0.717) is 0 Å². The van der Waals surface area contributed by atoms with Gasteiger partial charge in [0.1, 0.15) is 0 Å². The van der Waals surface area contributed by atoms with E-state index in [1.807, 2.05) is 17.8 Å². The van der Waals surface area contributed by atoms with Crippen LogP contribution in [0.2, 0.25) is 0 Å². The highest BCUT2D eigenvalue weighted by Gasteiger charge is 2.13. The Bertz CT molecular complexity index is 284. The van der Waals surface area contributed by atoms with Gasteiger partial charge in [-0.25, -0.2) is 0 Å². The van der Waals surface area contributed by atoms with Crippen LogP contribution in [0, 0.1) is 0 Å². The summed E-state index contributed by atoms with van der Waals surface area (Å²) in [5.41, 5.74) is 1.24. The lowest BCUT2D eigenvalue weighted by molar-refractivity contribution is 0.185. The Morgan fingerprint density at radius 2 is 2.14 bits per heavy atom. The molecule has 0 aliphatic rings. The molecule has 0 saturated carbocycles. The smallest absolute Gasteiger partial charge is 0.0543 e. The van der Waals surface area contributed by atoms with Gasteiger partial charge in [-0.1, -0.05) is 0 Å². The Kier molecular flexibility index (Phi) is 3.32. The molecule has 1 atom stereocenters. The highest BCUT2D eigenvalue weighted by atomic mass is 16.3. The second-order valence-corrected chi connectivity index (χ2v) is 4.85. The summed E-state index contributed by atoms with van der Waals surface area (Å²) in [5, 5.41) is 13.5. The Morgan fingerprint density at radius 1 is 1.50 bits per heavy atom. The van der Waals surface area contributed by atoms with E-state index >= 15 is 0 Å². The van der Waals surface area contributed by atoms with Crippen LogP contribution >= 0.6 is 0 Å². The molecule has 1 N–H and O–H groups in total. The van der Waals surface area contributed by atoms with Gasteiger partial charge in [-0.15, -0.1) is 0 Å². The number of aliphatic hydroxyl groups is 1. The van der Waals surface area contributed by atoms with E-state index in [1.165, 1.54) is 5.56 Å². The number of aliphatic hydroxyl groups excluding tert-OH is 1. The fourth-order valence-corrected chi connectivity index (χ4v) is 1.23. The third kappa shape index (κ3) is 3.14. The van der Waals surface area contributed by atoms with E-state index in [0.717, 1.165) is 12.8 Å². The normalized spacial score (nSPS) is 14.4. The first-order valence-corrected chi connectivity index (χ1v) is 5.11. The van der Waals surface area contributed by atoms with E-state index in [9.17, 15) is 0 Å². The van der Waals surface area contributed by atoms with Crippen LogP contribution in [0.1, 0.15) is 39.7 Å². The molecule has 3 nitrogen and oxygen atoms in total. The van der Waals surface area contributed by atoms with Gasteiger partial charge in [-0.2, -0.15) is 5.10 Å². The lowest BCUT2D eigenvalue weighted by Gasteiger charge is -2.18. The van der Waals surface area contributed by atoms with Gasteiger partial charge < -0.3 is 5.11 Å². The maximum atomic E-state index is 9.15. The molecule has 0 saturated heterocycles. The number of nitrogens with zero attached hydrogens (tertiary/aromatic N) is 2. The molecule has 0 aromatic carbocycles. The molecule has 80 valence electrons. The topological polar surface area (TPSA) is 38.1 Å². The van der Waals surface area contributed by atoms with Crippen molar-refractivity contribution in [1.29, 1.82) is 0 Å². The number of rotatable bonds is 3. The van der Waals surface area contributed by atoms with Crippen LogP contribution in [0.4, 0.5) is 0 Å². The molecule has 1 heterocycles. The van der Waals surface area contributed by atoms with Crippen molar-refractivity contribution in [2.45, 2.75) is 52.2 Å². The van der Waals surface area contributed by atoms with Crippen molar-refractivity contribution < 1.29 is 5.11 Å². The molecule has 1 aromatic rings. The lowest BCUT2D eigenvalue weighted by atomic mass is 10.1. The zero-order valence-corrected chi connectivity index (χ0v) is 9.49. The third-order valence-electron chi connectivity index (χ3n) is 2.17. The fourth-order valence-electron chi connectivity index (χ4n) is 1.23. The predicted molar refractivity (Wildman–Crippen MR) is 57.2 cm³/mol. The van der Waals surface area contributed by atoms with Crippen molar-refractivity contribution >= 4 is 0 Å². The average molecular weight is 196 g/mol. The van der Waals surface area contributed by atoms with Gasteiger partial charge in [0.2, 0.25) is 0 Å². The summed E-state index contributed by atoms with van der Waals surface area (Å²) in [4.78, 5) is 0. The molecule has 0 unspecified atom stereocenters. The zero-order chi connectivity index (χ0) is 10.8. The van der Waals surface area contributed by atoms with Gasteiger partial charge in [0, 0.05) is 6.20 Å². The van der Waals surface area contributed by atoms with Crippen molar-refractivity contribution in [3.05, 3.63) is 18.0 Å². The van der Waals surface area contributed by atoms with Gasteiger partial charge in [-0.3, -0.25) is 4.68 Å². The number of aromatic nitrogens is 2. The summed E-state index contributed by atoms with van der Waals surface area (Å²) in [5.74, 6) is 0. The number of hydrogen-bond acceptors (Lipinski definition) is 2. The maximum Gasteiger partial charge on any atom is 0.0543 e. The summed E-state index contributed by atoms with van der Waals surface area (Å²) in [7, 11) is 0. The van der Waals surface area contributed by atoms with Crippen LogP contribution in [0.25, 0.3) is 0 Å². The Balaban J connectivity index is 2.60. The number of aryl methyl sites for hydroxylation is 1. The lowest BCUT2D eigenvalue weighted by Crippen LogP contribution is -2.21. The highest BCUT2D eigenvalue weighted by molar-refractivity contribution is 5.05. The summed E-state index contributed by atoms with van der Waals surface area (Å²) < 4.78 is 1.96. The molecule has 0 bridgehead atoms. The van der Waals surface area contributed by atoms with Gasteiger partial charge in [0.15, 0.2) is 0 Å². The van der Waals surface area contributed by atoms with Crippen LogP contribution < -0.4 is 0 Å². The van der Waals surface area contributed by atoms with Crippen molar-refractivity contribution in [2.24, 2.45) is 0 Å². The summed E-state index contributed by atoms with van der Waals surface area (Å²) in [6.07, 6.45) is 5.41. The van der Waals surface area contributed by atoms with Crippen LogP contribution in [0.5, 0.6) is 0 Å². The predicted octanol–water partition coefficient (Wildman–Crippen LogP) is 1.95. The molecule has 3 heteroatoms. The van der Waals surface area contributed by atoms with Gasteiger partial charge >= 0.3 is 0 Å². The minimum Gasteiger partial charge on any atom is -0.393 e. The number of hydrogen-bond donors (Lipinski definition) is 1. The second kappa shape index (κ2) is 4.13. The minimum atomic E-state index is -0.229. The summed E-state index contributed by atoms with van der Waals surface area (Å²) in [6.45, 7) is 8.18. The molecular formula is C11H20N2O. The summed E-state index contributed by atoms with van der Waals surface area (Å²) in [6, 6.07) is 0. The zero-order valence-electron chi connectivity index (χ0n) is 9.49. The van der Waals surface area contributed by atoms with E-state index in [2.05, 4.69) is 32.1 Å². The quantitative estimate of drug-likeness (QED) is 0.802. The largest absolute Gasteiger partial charge is 0.393 e. The average Bonchev–Trinajstić information content (AvgIpc) is 2.47. The van der Waals surface area contributed by atoms with E-state index in [4.69, 9.17) is 5.11 Å². The first kappa shape index (κ1) is 11.2. The molecule has 0 spiro atoms. The molecule has 1 aromatic heterocycles. The molecule has 0 amide bonds. The SMILES string of the molecule is C[C@H](O)CCc1cnn(C(C)(C)C)c1. The highest BCUT2D eigenvalue weighted by Crippen LogP contribution is 2.14. The molecular weight excluding hydrogens is 176 g/mol. The molecule has 0 fully saturated rings. The first-order valence-electron chi connectivity index (χ1n) is 5.11. The molecule has 1 rings (SSSR count). The maximum absolute atomic E-state index is 9.15.